The van der Waals surface area contributed by atoms with Crippen LogP contribution in [-0.2, 0) is 18.3 Å². The lowest BCUT2D eigenvalue weighted by Crippen LogP contribution is -2.70. The van der Waals surface area contributed by atoms with E-state index < -0.39 is 22.9 Å². The van der Waals surface area contributed by atoms with E-state index in [1.165, 1.54) is 27.0 Å². The van der Waals surface area contributed by atoms with Crippen LogP contribution in [-0.4, -0.2) is 41.7 Å². The van der Waals surface area contributed by atoms with Crippen molar-refractivity contribution in [3.63, 3.8) is 0 Å². The fourth-order valence-electron chi connectivity index (χ4n) is 7.23. The van der Waals surface area contributed by atoms with Crippen LogP contribution in [0.5, 0.6) is 0 Å². The van der Waals surface area contributed by atoms with Crippen LogP contribution in [0.25, 0.3) is 0 Å². The Kier molecular flexibility index (Phi) is 10.9. The van der Waals surface area contributed by atoms with Gasteiger partial charge < -0.3 is 18.3 Å². The molecule has 246 valence electrons. The Bertz CT molecular complexity index is 1510. The summed E-state index contributed by atoms with van der Waals surface area (Å²) >= 11 is 0. The van der Waals surface area contributed by atoms with Crippen molar-refractivity contribution in [3.8, 4) is 0 Å². The van der Waals surface area contributed by atoms with E-state index in [0.29, 0.717) is 13.0 Å². The molecule has 1 heterocycles. The molecule has 1 fully saturated rings. The SMILES string of the molecule is C=C=CO[C@@H]1CC[C@H](O[Si](c2ccccc2)(c2ccccc2)C(C)(C)C)[C@@H](CO[Si](c2ccccc2)(c2ccccc2)C(C)(C)C)O1. The van der Waals surface area contributed by atoms with E-state index in [9.17, 15) is 0 Å². The second-order valence-corrected chi connectivity index (χ2v) is 23.0. The Morgan fingerprint density at radius 2 is 1.06 bits per heavy atom. The van der Waals surface area contributed by atoms with E-state index in [1.54, 1.807) is 0 Å². The molecule has 0 aromatic heterocycles. The summed E-state index contributed by atoms with van der Waals surface area (Å²) in [6, 6.07) is 43.1. The fraction of sp³-hybridized carbons (Fsp3) is 0.341. The molecule has 0 radical (unpaired) electrons. The Morgan fingerprint density at radius 1 is 0.660 bits per heavy atom. The molecule has 47 heavy (non-hydrogen) atoms. The van der Waals surface area contributed by atoms with Crippen LogP contribution in [0.2, 0.25) is 10.1 Å². The highest BCUT2D eigenvalue weighted by Gasteiger charge is 2.54. The molecular formula is C41H50O4Si2. The van der Waals surface area contributed by atoms with Crippen molar-refractivity contribution >= 4 is 37.4 Å². The second-order valence-electron chi connectivity index (χ2n) is 14.4. The topological polar surface area (TPSA) is 36.9 Å². The van der Waals surface area contributed by atoms with E-state index in [0.717, 1.165) is 6.42 Å². The highest BCUT2D eigenvalue weighted by molar-refractivity contribution is 7.00. The smallest absolute Gasteiger partial charge is 0.261 e. The molecule has 0 amide bonds. The van der Waals surface area contributed by atoms with Crippen LogP contribution in [0, 0.1) is 0 Å². The maximum Gasteiger partial charge on any atom is 0.261 e. The first-order valence-electron chi connectivity index (χ1n) is 16.7. The van der Waals surface area contributed by atoms with Gasteiger partial charge in [-0.15, -0.1) is 0 Å². The molecule has 1 saturated heterocycles. The number of hydrogen-bond acceptors (Lipinski definition) is 4. The van der Waals surface area contributed by atoms with Crippen LogP contribution in [0.4, 0.5) is 0 Å². The predicted octanol–water partition coefficient (Wildman–Crippen LogP) is 7.33. The van der Waals surface area contributed by atoms with Gasteiger partial charge in [0.05, 0.1) is 12.7 Å². The minimum absolute atomic E-state index is 0.166. The maximum absolute atomic E-state index is 7.70. The van der Waals surface area contributed by atoms with E-state index in [4.69, 9.17) is 18.3 Å². The molecule has 1 aliphatic heterocycles. The summed E-state index contributed by atoms with van der Waals surface area (Å²) in [6.45, 7) is 17.9. The normalized spacial score (nSPS) is 19.1. The fourth-order valence-corrected chi connectivity index (χ4v) is 16.5. The summed E-state index contributed by atoms with van der Waals surface area (Å²) in [5, 5.41) is 4.64. The molecule has 0 spiro atoms. The largest absolute Gasteiger partial charge is 0.464 e. The number of rotatable bonds is 11. The summed E-state index contributed by atoms with van der Waals surface area (Å²) in [5.41, 5.74) is 2.74. The zero-order chi connectivity index (χ0) is 33.5. The van der Waals surface area contributed by atoms with Gasteiger partial charge in [-0.25, -0.2) is 0 Å². The molecule has 6 heteroatoms. The van der Waals surface area contributed by atoms with E-state index >= 15 is 0 Å². The van der Waals surface area contributed by atoms with Gasteiger partial charge in [-0.1, -0.05) is 175 Å². The molecule has 1 aliphatic rings. The van der Waals surface area contributed by atoms with Crippen LogP contribution < -0.4 is 20.7 Å². The van der Waals surface area contributed by atoms with Gasteiger partial charge in [0, 0.05) is 6.42 Å². The lowest BCUT2D eigenvalue weighted by molar-refractivity contribution is -0.205. The first kappa shape index (κ1) is 34.8. The Balaban J connectivity index is 1.60. The average molecular weight is 663 g/mol. The highest BCUT2D eigenvalue weighted by atomic mass is 28.4. The predicted molar refractivity (Wildman–Crippen MR) is 199 cm³/mol. The molecule has 0 bridgehead atoms. The molecule has 4 aromatic rings. The molecule has 0 aliphatic carbocycles. The molecule has 5 rings (SSSR count). The Labute approximate surface area is 284 Å². The quantitative estimate of drug-likeness (QED) is 0.0958. The third kappa shape index (κ3) is 7.19. The second kappa shape index (κ2) is 14.7. The maximum atomic E-state index is 7.70. The molecule has 0 unspecified atom stereocenters. The lowest BCUT2D eigenvalue weighted by Gasteiger charge is -2.49. The van der Waals surface area contributed by atoms with E-state index in [2.05, 4.69) is 175 Å². The van der Waals surface area contributed by atoms with Crippen molar-refractivity contribution in [2.45, 2.75) is 83.0 Å². The first-order valence-corrected chi connectivity index (χ1v) is 20.5. The van der Waals surface area contributed by atoms with Crippen molar-refractivity contribution < 1.29 is 18.3 Å². The van der Waals surface area contributed by atoms with Crippen molar-refractivity contribution in [2.75, 3.05) is 6.61 Å². The van der Waals surface area contributed by atoms with Gasteiger partial charge in [0.25, 0.3) is 16.6 Å². The molecule has 4 nitrogen and oxygen atoms in total. The van der Waals surface area contributed by atoms with Crippen LogP contribution in [0.3, 0.4) is 0 Å². The minimum atomic E-state index is -2.86. The first-order chi connectivity index (χ1) is 22.5. The van der Waals surface area contributed by atoms with Crippen molar-refractivity contribution in [2.24, 2.45) is 0 Å². The van der Waals surface area contributed by atoms with Gasteiger partial charge in [0.2, 0.25) is 0 Å². The number of benzene rings is 4. The molecule has 0 saturated carbocycles. The van der Waals surface area contributed by atoms with Gasteiger partial charge in [0.1, 0.15) is 12.4 Å². The van der Waals surface area contributed by atoms with Gasteiger partial charge in [-0.05, 0) is 37.2 Å². The average Bonchev–Trinajstić information content (AvgIpc) is 3.07. The Hall–Kier alpha value is -3.49. The lowest BCUT2D eigenvalue weighted by atomic mass is 10.1. The standard InChI is InChI=1S/C41H50O4Si2/c1-8-31-42-39-30-29-37(45-47(41(5,6)7,35-25-17-11-18-26-35)36-27-19-12-20-28-36)38(44-39)32-43-46(40(2,3)4,33-21-13-9-14-22-33)34-23-15-10-16-24-34/h9-28,31,37-39H,1,29-30,32H2,2-7H3/t37-,38+,39-/m0/s1. The van der Waals surface area contributed by atoms with Crippen LogP contribution in [0.1, 0.15) is 54.4 Å². The third-order valence-electron chi connectivity index (χ3n) is 9.36. The van der Waals surface area contributed by atoms with Crippen molar-refractivity contribution in [3.05, 3.63) is 140 Å². The number of ether oxygens (including phenoxy) is 2. The zero-order valence-corrected chi connectivity index (χ0v) is 30.8. The minimum Gasteiger partial charge on any atom is -0.464 e. The molecule has 0 N–H and O–H groups in total. The molecular weight excluding hydrogens is 613 g/mol. The zero-order valence-electron chi connectivity index (χ0n) is 28.8. The summed E-state index contributed by atoms with van der Waals surface area (Å²) < 4.78 is 27.9. The summed E-state index contributed by atoms with van der Waals surface area (Å²) in [5.74, 6) is 0. The monoisotopic (exact) mass is 662 g/mol. The number of hydrogen-bond donors (Lipinski definition) is 0. The van der Waals surface area contributed by atoms with Gasteiger partial charge in [-0.2, -0.15) is 0 Å². The summed E-state index contributed by atoms with van der Waals surface area (Å²) in [4.78, 5) is 0. The van der Waals surface area contributed by atoms with Crippen LogP contribution in [0.15, 0.2) is 140 Å². The highest BCUT2D eigenvalue weighted by Crippen LogP contribution is 2.41. The van der Waals surface area contributed by atoms with Gasteiger partial charge in [-0.3, -0.25) is 0 Å². The molecule has 4 aromatic carbocycles. The summed E-state index contributed by atoms with van der Waals surface area (Å²) in [6.07, 6.45) is 1.94. The van der Waals surface area contributed by atoms with Crippen molar-refractivity contribution in [1.82, 2.24) is 0 Å². The Morgan fingerprint density at radius 3 is 1.45 bits per heavy atom. The summed E-state index contributed by atoms with van der Waals surface area (Å²) in [7, 11) is -5.69. The molecule has 3 atom stereocenters. The van der Waals surface area contributed by atoms with Gasteiger partial charge in [0.15, 0.2) is 6.29 Å². The van der Waals surface area contributed by atoms with E-state index in [-0.39, 0.29) is 22.3 Å². The van der Waals surface area contributed by atoms with Crippen molar-refractivity contribution in [1.29, 1.82) is 0 Å². The van der Waals surface area contributed by atoms with Gasteiger partial charge >= 0.3 is 0 Å². The van der Waals surface area contributed by atoms with E-state index in [1.807, 2.05) is 0 Å². The third-order valence-corrected chi connectivity index (χ3v) is 19.4. The van der Waals surface area contributed by atoms with Crippen LogP contribution >= 0.6 is 0 Å².